The Hall–Kier alpha value is -3.54. The molecule has 0 spiro atoms. The normalized spacial score (nSPS) is 17.2. The number of para-hydroxylation sites is 2. The number of benzene rings is 2. The van der Waals surface area contributed by atoms with E-state index >= 15 is 0 Å². The molecule has 1 saturated carbocycles. The Morgan fingerprint density at radius 3 is 2.79 bits per heavy atom. The molecule has 1 aliphatic carbocycles. The first kappa shape index (κ1) is 18.8. The van der Waals surface area contributed by atoms with Crippen molar-refractivity contribution in [2.45, 2.75) is 18.9 Å². The molecule has 1 aliphatic heterocycles. The van der Waals surface area contributed by atoms with Gasteiger partial charge >= 0.3 is 0 Å². The van der Waals surface area contributed by atoms with E-state index in [0.29, 0.717) is 23.1 Å². The number of methoxy groups -OCH3 is 1. The molecule has 2 aromatic rings. The van der Waals surface area contributed by atoms with Gasteiger partial charge in [0.2, 0.25) is 5.91 Å². The predicted octanol–water partition coefficient (Wildman–Crippen LogP) is 3.38. The molecule has 29 heavy (non-hydrogen) atoms. The third kappa shape index (κ3) is 4.16. The first-order valence-corrected chi connectivity index (χ1v) is 9.48. The summed E-state index contributed by atoms with van der Waals surface area (Å²) in [4.78, 5) is 26.2. The van der Waals surface area contributed by atoms with Gasteiger partial charge in [-0.15, -0.1) is 0 Å². The van der Waals surface area contributed by atoms with Crippen LogP contribution in [0, 0.1) is 0 Å². The average molecular weight is 390 g/mol. The lowest BCUT2D eigenvalue weighted by molar-refractivity contribution is -0.117. The number of hydrogen-bond acceptors (Lipinski definition) is 4. The fraction of sp³-hybridized carbons (Fsp3) is 0.217. The van der Waals surface area contributed by atoms with E-state index in [0.717, 1.165) is 24.1 Å². The van der Waals surface area contributed by atoms with Gasteiger partial charge in [0.1, 0.15) is 5.75 Å². The van der Waals surface area contributed by atoms with Crippen LogP contribution < -0.4 is 19.7 Å². The highest BCUT2D eigenvalue weighted by Gasteiger charge is 2.27. The van der Waals surface area contributed by atoms with Gasteiger partial charge in [-0.1, -0.05) is 18.2 Å². The molecule has 2 aliphatic rings. The quantitative estimate of drug-likeness (QED) is 0.795. The van der Waals surface area contributed by atoms with E-state index in [1.165, 1.54) is 6.08 Å². The second-order valence-corrected chi connectivity index (χ2v) is 7.06. The zero-order valence-electron chi connectivity index (χ0n) is 16.3. The van der Waals surface area contributed by atoms with Crippen molar-refractivity contribution < 1.29 is 19.1 Å². The van der Waals surface area contributed by atoms with Crippen molar-refractivity contribution in [3.63, 3.8) is 0 Å². The number of nitrogens with zero attached hydrogens (tertiary/aromatic N) is 1. The van der Waals surface area contributed by atoms with Gasteiger partial charge in [0, 0.05) is 24.7 Å². The number of carbonyl (C=O) groups is 2. The molecule has 2 aromatic carbocycles. The number of amides is 2. The zero-order chi connectivity index (χ0) is 20.4. The number of likely N-dealkylation sites (N-methyl/N-ethyl adjacent to an activating group) is 1. The number of carbonyl (C=O) groups excluding carboxylic acids is 2. The average Bonchev–Trinajstić information content (AvgIpc) is 3.54. The molecular weight excluding hydrogens is 368 g/mol. The first-order valence-electron chi connectivity index (χ1n) is 9.48. The summed E-state index contributed by atoms with van der Waals surface area (Å²) in [6, 6.07) is 13.2. The summed E-state index contributed by atoms with van der Waals surface area (Å²) >= 11 is 0. The number of rotatable bonds is 5. The molecule has 148 valence electrons. The van der Waals surface area contributed by atoms with Crippen molar-refractivity contribution in [3.8, 4) is 11.5 Å². The highest BCUT2D eigenvalue weighted by atomic mass is 16.5. The molecule has 0 aromatic heterocycles. The molecule has 0 atom stereocenters. The van der Waals surface area contributed by atoms with Crippen LogP contribution in [-0.4, -0.2) is 32.0 Å². The molecule has 6 heteroatoms. The van der Waals surface area contributed by atoms with Gasteiger partial charge in [-0.2, -0.15) is 0 Å². The van der Waals surface area contributed by atoms with Gasteiger partial charge in [-0.25, -0.2) is 0 Å². The standard InChI is InChI=1S/C23H22N2O4/c1-25-18-5-3-4-6-20(18)29-21(23(25)27)14-16-13-15(7-11-19(16)28-2)8-12-22(26)24-17-9-10-17/h3-8,11-14,17H,9-10H2,1-2H3,(H,24,26)/b12-8+,21-14-. The molecule has 1 heterocycles. The molecule has 1 N–H and O–H groups in total. The minimum atomic E-state index is -0.240. The minimum Gasteiger partial charge on any atom is -0.496 e. The lowest BCUT2D eigenvalue weighted by Gasteiger charge is -2.27. The van der Waals surface area contributed by atoms with E-state index in [4.69, 9.17) is 9.47 Å². The number of ether oxygens (including phenoxy) is 2. The Balaban J connectivity index is 1.62. The molecule has 1 fully saturated rings. The van der Waals surface area contributed by atoms with Crippen molar-refractivity contribution in [2.75, 3.05) is 19.1 Å². The van der Waals surface area contributed by atoms with Gasteiger partial charge < -0.3 is 19.7 Å². The fourth-order valence-electron chi connectivity index (χ4n) is 3.11. The predicted molar refractivity (Wildman–Crippen MR) is 112 cm³/mol. The SMILES string of the molecule is COc1ccc(/C=C/C(=O)NC2CC2)cc1/C=C1\Oc2ccccc2N(C)C1=O. The monoisotopic (exact) mass is 390 g/mol. The van der Waals surface area contributed by atoms with Gasteiger partial charge in [0.15, 0.2) is 11.5 Å². The fourth-order valence-corrected chi connectivity index (χ4v) is 3.11. The summed E-state index contributed by atoms with van der Waals surface area (Å²) < 4.78 is 11.3. The Labute approximate surface area is 169 Å². The second kappa shape index (κ2) is 7.83. The summed E-state index contributed by atoms with van der Waals surface area (Å²) in [5.41, 5.74) is 2.23. The van der Waals surface area contributed by atoms with Crippen LogP contribution in [-0.2, 0) is 9.59 Å². The maximum Gasteiger partial charge on any atom is 0.293 e. The number of hydrogen-bond donors (Lipinski definition) is 1. The van der Waals surface area contributed by atoms with Crippen LogP contribution in [0.5, 0.6) is 11.5 Å². The van der Waals surface area contributed by atoms with Crippen LogP contribution >= 0.6 is 0 Å². The van der Waals surface area contributed by atoms with E-state index in [9.17, 15) is 9.59 Å². The lowest BCUT2D eigenvalue weighted by atomic mass is 10.1. The summed E-state index contributed by atoms with van der Waals surface area (Å²) in [5.74, 6) is 1.09. The minimum absolute atomic E-state index is 0.104. The summed E-state index contributed by atoms with van der Waals surface area (Å²) in [6.45, 7) is 0. The van der Waals surface area contributed by atoms with E-state index in [2.05, 4.69) is 5.32 Å². The van der Waals surface area contributed by atoms with Crippen LogP contribution in [0.3, 0.4) is 0 Å². The van der Waals surface area contributed by atoms with Gasteiger partial charge in [0.05, 0.1) is 12.8 Å². The van der Waals surface area contributed by atoms with Gasteiger partial charge in [-0.3, -0.25) is 9.59 Å². The van der Waals surface area contributed by atoms with Crippen molar-refractivity contribution in [3.05, 3.63) is 65.4 Å². The van der Waals surface area contributed by atoms with Crippen molar-refractivity contribution in [2.24, 2.45) is 0 Å². The summed E-state index contributed by atoms with van der Waals surface area (Å²) in [6.07, 6.45) is 7.01. The lowest BCUT2D eigenvalue weighted by Crippen LogP contribution is -2.33. The molecular formula is C23H22N2O4. The Bertz CT molecular complexity index is 1020. The smallest absolute Gasteiger partial charge is 0.293 e. The molecule has 0 saturated heterocycles. The highest BCUT2D eigenvalue weighted by molar-refractivity contribution is 6.09. The Morgan fingerprint density at radius 1 is 1.24 bits per heavy atom. The topological polar surface area (TPSA) is 67.9 Å². The van der Waals surface area contributed by atoms with Crippen LogP contribution in [0.25, 0.3) is 12.2 Å². The Morgan fingerprint density at radius 2 is 2.03 bits per heavy atom. The van der Waals surface area contributed by atoms with E-state index in [1.54, 1.807) is 37.3 Å². The number of fused-ring (bicyclic) bond motifs is 1. The van der Waals surface area contributed by atoms with Crippen LogP contribution in [0.2, 0.25) is 0 Å². The first-order chi connectivity index (χ1) is 14.0. The summed E-state index contributed by atoms with van der Waals surface area (Å²) in [7, 11) is 3.29. The van der Waals surface area contributed by atoms with E-state index in [-0.39, 0.29) is 17.6 Å². The van der Waals surface area contributed by atoms with Gasteiger partial charge in [0.25, 0.3) is 5.91 Å². The molecule has 6 nitrogen and oxygen atoms in total. The van der Waals surface area contributed by atoms with Crippen molar-refractivity contribution >= 4 is 29.7 Å². The maximum atomic E-state index is 12.7. The molecule has 0 bridgehead atoms. The molecule has 0 radical (unpaired) electrons. The Kier molecular flexibility index (Phi) is 5.08. The molecule has 0 unspecified atom stereocenters. The van der Waals surface area contributed by atoms with Gasteiger partial charge in [-0.05, 0) is 54.8 Å². The van der Waals surface area contributed by atoms with Crippen molar-refractivity contribution in [1.29, 1.82) is 0 Å². The summed E-state index contributed by atoms with van der Waals surface area (Å²) in [5, 5.41) is 2.91. The number of nitrogens with one attached hydrogen (secondary N) is 1. The maximum absolute atomic E-state index is 12.7. The number of anilines is 1. The van der Waals surface area contributed by atoms with Crippen LogP contribution in [0.4, 0.5) is 5.69 Å². The van der Waals surface area contributed by atoms with Crippen molar-refractivity contribution in [1.82, 2.24) is 5.32 Å². The third-order valence-corrected chi connectivity index (χ3v) is 4.85. The van der Waals surface area contributed by atoms with E-state index < -0.39 is 0 Å². The largest absolute Gasteiger partial charge is 0.496 e. The molecule has 2 amide bonds. The highest BCUT2D eigenvalue weighted by Crippen LogP contribution is 2.35. The van der Waals surface area contributed by atoms with Crippen LogP contribution in [0.15, 0.2) is 54.3 Å². The zero-order valence-corrected chi connectivity index (χ0v) is 16.3. The molecule has 4 rings (SSSR count). The second-order valence-electron chi connectivity index (χ2n) is 7.06. The third-order valence-electron chi connectivity index (χ3n) is 4.85. The van der Waals surface area contributed by atoms with Crippen LogP contribution in [0.1, 0.15) is 24.0 Å². The van der Waals surface area contributed by atoms with E-state index in [1.807, 2.05) is 36.4 Å².